The quantitative estimate of drug-likeness (QED) is 0.335. The maximum Gasteiger partial charge on any atom is 0.00577 e. The molecule has 2 aliphatic rings. The molecule has 0 aliphatic heterocycles. The Morgan fingerprint density at radius 2 is 1.05 bits per heavy atom. The SMILES string of the molecule is CC(C1=CCCC=C1)c1ccccc1.CC(Cc1ccccc1)C1=CCCC=C1.Cc1ccc(C)cc1. The summed E-state index contributed by atoms with van der Waals surface area (Å²) in [5.41, 5.74) is 8.47. The van der Waals surface area contributed by atoms with E-state index in [-0.39, 0.29) is 0 Å². The summed E-state index contributed by atoms with van der Waals surface area (Å²) in [5, 5.41) is 0. The zero-order valence-electron chi connectivity index (χ0n) is 23.2. The van der Waals surface area contributed by atoms with Gasteiger partial charge >= 0.3 is 0 Å². The van der Waals surface area contributed by atoms with Crippen molar-refractivity contribution in [2.75, 3.05) is 0 Å². The predicted molar refractivity (Wildman–Crippen MR) is 163 cm³/mol. The highest BCUT2D eigenvalue weighted by molar-refractivity contribution is 5.35. The van der Waals surface area contributed by atoms with Gasteiger partial charge in [0, 0.05) is 5.92 Å². The van der Waals surface area contributed by atoms with Crippen molar-refractivity contribution in [1.29, 1.82) is 0 Å². The van der Waals surface area contributed by atoms with Crippen LogP contribution >= 0.6 is 0 Å². The Kier molecular flexibility index (Phi) is 11.9. The summed E-state index contributed by atoms with van der Waals surface area (Å²) in [6.07, 6.45) is 19.8. The number of hydrogen-bond acceptors (Lipinski definition) is 0. The van der Waals surface area contributed by atoms with Crippen LogP contribution < -0.4 is 0 Å². The molecule has 0 nitrogen and oxygen atoms in total. The van der Waals surface area contributed by atoms with Crippen LogP contribution in [-0.4, -0.2) is 0 Å². The Labute approximate surface area is 226 Å². The van der Waals surface area contributed by atoms with E-state index in [1.165, 1.54) is 59.1 Å². The molecule has 0 saturated heterocycles. The van der Waals surface area contributed by atoms with E-state index in [0.29, 0.717) is 11.8 Å². The van der Waals surface area contributed by atoms with E-state index >= 15 is 0 Å². The molecule has 0 heterocycles. The van der Waals surface area contributed by atoms with Crippen molar-refractivity contribution in [3.05, 3.63) is 155 Å². The first-order valence-electron chi connectivity index (χ1n) is 13.9. The van der Waals surface area contributed by atoms with Crippen molar-refractivity contribution in [3.63, 3.8) is 0 Å². The molecule has 2 unspecified atom stereocenters. The molecule has 3 aromatic rings. The van der Waals surface area contributed by atoms with Crippen LogP contribution in [0.2, 0.25) is 0 Å². The lowest BCUT2D eigenvalue weighted by molar-refractivity contribution is 0.684. The second-order valence-electron chi connectivity index (χ2n) is 10.2. The van der Waals surface area contributed by atoms with E-state index in [9.17, 15) is 0 Å². The molecule has 0 spiro atoms. The largest absolute Gasteiger partial charge is 0.0840 e. The number of aryl methyl sites for hydroxylation is 2. The highest BCUT2D eigenvalue weighted by Gasteiger charge is 2.10. The number of rotatable bonds is 5. The minimum Gasteiger partial charge on any atom is -0.0840 e. The summed E-state index contributed by atoms with van der Waals surface area (Å²) >= 11 is 0. The lowest BCUT2D eigenvalue weighted by Crippen LogP contribution is -2.03. The molecule has 0 saturated carbocycles. The minimum absolute atomic E-state index is 0.535. The summed E-state index contributed by atoms with van der Waals surface area (Å²) < 4.78 is 0. The van der Waals surface area contributed by atoms with Gasteiger partial charge in [0.1, 0.15) is 0 Å². The second-order valence-corrected chi connectivity index (χ2v) is 10.2. The first kappa shape index (κ1) is 28.2. The molecule has 0 bridgehead atoms. The summed E-state index contributed by atoms with van der Waals surface area (Å²) in [5.74, 6) is 1.18. The molecule has 5 rings (SSSR count). The van der Waals surface area contributed by atoms with E-state index < -0.39 is 0 Å². The standard InChI is InChI=1S/C15H18.C14H16.C8H10/c1-13(15-10-6-3-7-11-15)12-14-8-4-2-5-9-14;1-12(13-8-4-2-5-9-13)14-10-6-3-7-11-14;1-7-3-5-8(2)6-4-7/h2,4-6,8-11,13H,3,7,12H2,1H3;2,4-6,8-12H,3,7H2,1H3;3-6H,1-2H3. The fourth-order valence-corrected chi connectivity index (χ4v) is 4.61. The third kappa shape index (κ3) is 10.3. The van der Waals surface area contributed by atoms with Crippen molar-refractivity contribution >= 4 is 0 Å². The maximum absolute atomic E-state index is 2.38. The van der Waals surface area contributed by atoms with Crippen LogP contribution in [0, 0.1) is 19.8 Å². The Hall–Kier alpha value is -3.38. The molecule has 2 atom stereocenters. The van der Waals surface area contributed by atoms with Gasteiger partial charge in [-0.2, -0.15) is 0 Å². The number of benzene rings is 3. The average molecular weight is 489 g/mol. The van der Waals surface area contributed by atoms with Gasteiger partial charge < -0.3 is 0 Å². The van der Waals surface area contributed by atoms with Gasteiger partial charge in [0.25, 0.3) is 0 Å². The summed E-state index contributed by atoms with van der Waals surface area (Å²) in [4.78, 5) is 0. The van der Waals surface area contributed by atoms with E-state index in [1.54, 1.807) is 0 Å². The van der Waals surface area contributed by atoms with Crippen LogP contribution in [0.3, 0.4) is 0 Å². The lowest BCUT2D eigenvalue weighted by Gasteiger charge is -2.15. The first-order valence-corrected chi connectivity index (χ1v) is 13.9. The highest BCUT2D eigenvalue weighted by Crippen LogP contribution is 2.27. The van der Waals surface area contributed by atoms with Crippen molar-refractivity contribution in [1.82, 2.24) is 0 Å². The van der Waals surface area contributed by atoms with Crippen molar-refractivity contribution in [2.24, 2.45) is 5.92 Å². The van der Waals surface area contributed by atoms with Crippen LogP contribution in [0.5, 0.6) is 0 Å². The fraction of sp³-hybridized carbons (Fsp3) is 0.297. The summed E-state index contributed by atoms with van der Waals surface area (Å²) in [7, 11) is 0. The predicted octanol–water partition coefficient (Wildman–Crippen LogP) is 10.5. The smallest absolute Gasteiger partial charge is 0.00577 e. The topological polar surface area (TPSA) is 0 Å². The van der Waals surface area contributed by atoms with Crippen LogP contribution in [0.4, 0.5) is 0 Å². The lowest BCUT2D eigenvalue weighted by atomic mass is 9.90. The van der Waals surface area contributed by atoms with Gasteiger partial charge in [-0.05, 0) is 74.1 Å². The maximum atomic E-state index is 2.38. The van der Waals surface area contributed by atoms with Gasteiger partial charge in [-0.3, -0.25) is 0 Å². The zero-order valence-corrected chi connectivity index (χ0v) is 23.2. The van der Waals surface area contributed by atoms with Gasteiger partial charge in [0.2, 0.25) is 0 Å². The molecule has 2 aliphatic carbocycles. The molecule has 192 valence electrons. The van der Waals surface area contributed by atoms with Crippen LogP contribution in [0.15, 0.2) is 133 Å². The summed E-state index contributed by atoms with van der Waals surface area (Å²) in [6, 6.07) is 29.9. The van der Waals surface area contributed by atoms with Gasteiger partial charge in [-0.1, -0.05) is 146 Å². The molecule has 0 radical (unpaired) electrons. The van der Waals surface area contributed by atoms with Crippen molar-refractivity contribution in [3.8, 4) is 0 Å². The Morgan fingerprint density at radius 3 is 1.54 bits per heavy atom. The van der Waals surface area contributed by atoms with Crippen LogP contribution in [-0.2, 0) is 6.42 Å². The third-order valence-corrected chi connectivity index (χ3v) is 7.02. The van der Waals surface area contributed by atoms with E-state index in [2.05, 4.69) is 149 Å². The van der Waals surface area contributed by atoms with E-state index in [4.69, 9.17) is 0 Å². The second kappa shape index (κ2) is 15.7. The minimum atomic E-state index is 0.535. The Bertz CT molecular complexity index is 1140. The molecule has 0 heteroatoms. The molecule has 3 aromatic carbocycles. The van der Waals surface area contributed by atoms with Gasteiger partial charge in [-0.15, -0.1) is 0 Å². The van der Waals surface area contributed by atoms with Gasteiger partial charge in [0.05, 0.1) is 0 Å². The van der Waals surface area contributed by atoms with E-state index in [1.807, 2.05) is 0 Å². The molecule has 0 aromatic heterocycles. The Balaban J connectivity index is 0.000000161. The number of allylic oxidation sites excluding steroid dienone is 8. The molecule has 0 amide bonds. The average Bonchev–Trinajstić information content (AvgIpc) is 2.97. The van der Waals surface area contributed by atoms with Gasteiger partial charge in [0.15, 0.2) is 0 Å². The highest BCUT2D eigenvalue weighted by atomic mass is 14.1. The van der Waals surface area contributed by atoms with Crippen molar-refractivity contribution in [2.45, 2.75) is 65.7 Å². The zero-order chi connectivity index (χ0) is 26.3. The molecule has 37 heavy (non-hydrogen) atoms. The summed E-state index contributed by atoms with van der Waals surface area (Å²) in [6.45, 7) is 8.78. The molecular formula is C37H44. The monoisotopic (exact) mass is 488 g/mol. The molecule has 0 N–H and O–H groups in total. The van der Waals surface area contributed by atoms with Crippen LogP contribution in [0.1, 0.15) is 67.7 Å². The number of hydrogen-bond donors (Lipinski definition) is 0. The third-order valence-electron chi connectivity index (χ3n) is 7.02. The van der Waals surface area contributed by atoms with E-state index in [0.717, 1.165) is 6.42 Å². The fourth-order valence-electron chi connectivity index (χ4n) is 4.61. The van der Waals surface area contributed by atoms with Crippen LogP contribution in [0.25, 0.3) is 0 Å². The molecular weight excluding hydrogens is 444 g/mol. The van der Waals surface area contributed by atoms with Gasteiger partial charge in [-0.25, -0.2) is 0 Å². The first-order chi connectivity index (χ1) is 18.0. The Morgan fingerprint density at radius 1 is 0.568 bits per heavy atom. The van der Waals surface area contributed by atoms with Crippen molar-refractivity contribution < 1.29 is 0 Å². The normalized spacial score (nSPS) is 15.7. The molecule has 0 fully saturated rings.